The molecule has 1 aliphatic rings. The first kappa shape index (κ1) is 20.8. The van der Waals surface area contributed by atoms with Crippen LogP contribution in [0, 0.1) is 6.92 Å². The van der Waals surface area contributed by atoms with Crippen LogP contribution in [-0.4, -0.2) is 56.1 Å². The lowest BCUT2D eigenvalue weighted by Crippen LogP contribution is -2.49. The predicted octanol–water partition coefficient (Wildman–Crippen LogP) is 3.29. The van der Waals surface area contributed by atoms with Crippen LogP contribution in [0.4, 0.5) is 5.13 Å². The van der Waals surface area contributed by atoms with Gasteiger partial charge in [0.2, 0.25) is 5.91 Å². The number of hydrogen-bond donors (Lipinski definition) is 0. The summed E-state index contributed by atoms with van der Waals surface area (Å²) in [7, 11) is -3.21. The van der Waals surface area contributed by atoms with Crippen LogP contribution in [0.15, 0.2) is 47.4 Å². The first-order valence-corrected chi connectivity index (χ1v) is 12.5. The van der Waals surface area contributed by atoms with Crippen molar-refractivity contribution in [3.63, 3.8) is 0 Å². The van der Waals surface area contributed by atoms with Crippen LogP contribution in [-0.2, 0) is 21.1 Å². The van der Waals surface area contributed by atoms with Crippen LogP contribution in [0.2, 0.25) is 0 Å². The van der Waals surface area contributed by atoms with Crippen LogP contribution in [0.3, 0.4) is 0 Å². The van der Waals surface area contributed by atoms with E-state index in [2.05, 4.69) is 30.0 Å². The zero-order valence-electron chi connectivity index (χ0n) is 17.2. The average Bonchev–Trinajstić information content (AvgIpc) is 3.20. The molecule has 0 radical (unpaired) electrons. The normalized spacial score (nSPS) is 15.0. The van der Waals surface area contributed by atoms with E-state index in [0.29, 0.717) is 18.0 Å². The number of sulfone groups is 1. The Kier molecular flexibility index (Phi) is 5.79. The first-order valence-electron chi connectivity index (χ1n) is 10.1. The number of hydrogen-bond acceptors (Lipinski definition) is 6. The van der Waals surface area contributed by atoms with Gasteiger partial charge in [-0.25, -0.2) is 13.4 Å². The highest BCUT2D eigenvalue weighted by molar-refractivity contribution is 7.91. The van der Waals surface area contributed by atoms with Gasteiger partial charge in [-0.1, -0.05) is 42.5 Å². The van der Waals surface area contributed by atoms with Crippen molar-refractivity contribution < 1.29 is 13.2 Å². The van der Waals surface area contributed by atoms with Crippen molar-refractivity contribution in [2.24, 2.45) is 0 Å². The summed E-state index contributed by atoms with van der Waals surface area (Å²) in [5.74, 6) is 0.143. The Labute approximate surface area is 181 Å². The molecule has 6 nitrogen and oxygen atoms in total. The summed E-state index contributed by atoms with van der Waals surface area (Å²) in [6.07, 6.45) is 0.285. The number of aromatic nitrogens is 1. The number of aryl methyl sites for hydroxylation is 1. The molecule has 1 saturated heterocycles. The lowest BCUT2D eigenvalue weighted by atomic mass is 10.1. The second-order valence-corrected chi connectivity index (χ2v) is 10.8. The molecule has 0 saturated carbocycles. The van der Waals surface area contributed by atoms with Crippen molar-refractivity contribution in [3.05, 3.63) is 53.6 Å². The van der Waals surface area contributed by atoms with E-state index in [1.165, 1.54) is 10.3 Å². The Morgan fingerprint density at radius 1 is 1.07 bits per heavy atom. The van der Waals surface area contributed by atoms with Gasteiger partial charge in [-0.05, 0) is 36.2 Å². The Bertz CT molecular complexity index is 1160. The molecule has 8 heteroatoms. The fourth-order valence-corrected chi connectivity index (χ4v) is 5.60. The molecule has 0 unspecified atom stereocenters. The minimum atomic E-state index is -3.21. The van der Waals surface area contributed by atoms with Gasteiger partial charge in [0.15, 0.2) is 15.0 Å². The number of piperazine rings is 1. The fraction of sp³-hybridized carbons (Fsp3) is 0.364. The molecule has 1 fully saturated rings. The van der Waals surface area contributed by atoms with Crippen LogP contribution in [0.1, 0.15) is 18.1 Å². The molecule has 1 aromatic heterocycles. The number of nitrogens with zero attached hydrogens (tertiary/aromatic N) is 3. The van der Waals surface area contributed by atoms with E-state index in [4.69, 9.17) is 4.98 Å². The van der Waals surface area contributed by atoms with E-state index in [0.717, 1.165) is 29.3 Å². The van der Waals surface area contributed by atoms with Crippen molar-refractivity contribution in [2.75, 3.05) is 36.8 Å². The lowest BCUT2D eigenvalue weighted by Gasteiger charge is -2.34. The smallest absolute Gasteiger partial charge is 0.227 e. The molecule has 0 spiro atoms. The van der Waals surface area contributed by atoms with Gasteiger partial charge in [-0.15, -0.1) is 0 Å². The fourth-order valence-electron chi connectivity index (χ4n) is 3.62. The third-order valence-electron chi connectivity index (χ3n) is 5.53. The number of fused-ring (bicyclic) bond motifs is 1. The monoisotopic (exact) mass is 443 g/mol. The van der Waals surface area contributed by atoms with Crippen LogP contribution in [0.25, 0.3) is 10.2 Å². The average molecular weight is 444 g/mol. The number of carbonyl (C=O) groups is 1. The molecule has 0 N–H and O–H groups in total. The van der Waals surface area contributed by atoms with E-state index in [1.54, 1.807) is 42.5 Å². The third-order valence-corrected chi connectivity index (χ3v) is 8.36. The Morgan fingerprint density at radius 2 is 1.77 bits per heavy atom. The molecule has 0 bridgehead atoms. The van der Waals surface area contributed by atoms with Crippen LogP contribution >= 0.6 is 11.3 Å². The molecular weight excluding hydrogens is 418 g/mol. The largest absolute Gasteiger partial charge is 0.345 e. The quantitative estimate of drug-likeness (QED) is 0.605. The highest BCUT2D eigenvalue weighted by Gasteiger charge is 2.23. The van der Waals surface area contributed by atoms with Gasteiger partial charge in [0.05, 0.1) is 27.3 Å². The topological polar surface area (TPSA) is 70.6 Å². The maximum atomic E-state index is 12.7. The maximum absolute atomic E-state index is 12.7. The molecule has 1 amide bonds. The van der Waals surface area contributed by atoms with Crippen molar-refractivity contribution >= 4 is 42.4 Å². The molecule has 2 aromatic carbocycles. The maximum Gasteiger partial charge on any atom is 0.227 e. The molecule has 4 rings (SSSR count). The second kappa shape index (κ2) is 8.35. The van der Waals surface area contributed by atoms with Gasteiger partial charge in [0.1, 0.15) is 0 Å². The number of anilines is 1. The number of thiazole rings is 1. The van der Waals surface area contributed by atoms with E-state index in [9.17, 15) is 13.2 Å². The van der Waals surface area contributed by atoms with Crippen molar-refractivity contribution in [1.29, 1.82) is 0 Å². The van der Waals surface area contributed by atoms with E-state index in [1.807, 2.05) is 4.90 Å². The molecular formula is C22H25N3O3S2. The summed E-state index contributed by atoms with van der Waals surface area (Å²) >= 11 is 1.70. The molecule has 2 heterocycles. The van der Waals surface area contributed by atoms with Crippen molar-refractivity contribution in [3.8, 4) is 0 Å². The molecule has 158 valence electrons. The zero-order chi connectivity index (χ0) is 21.3. The van der Waals surface area contributed by atoms with Gasteiger partial charge < -0.3 is 9.80 Å². The molecule has 30 heavy (non-hydrogen) atoms. The lowest BCUT2D eigenvalue weighted by molar-refractivity contribution is -0.130. The van der Waals surface area contributed by atoms with Gasteiger partial charge >= 0.3 is 0 Å². The molecule has 1 aliphatic heterocycles. The second-order valence-electron chi connectivity index (χ2n) is 7.51. The predicted molar refractivity (Wildman–Crippen MR) is 121 cm³/mol. The van der Waals surface area contributed by atoms with Crippen LogP contribution in [0.5, 0.6) is 0 Å². The molecule has 0 atom stereocenters. The zero-order valence-corrected chi connectivity index (χ0v) is 18.8. The Balaban J connectivity index is 1.36. The summed E-state index contributed by atoms with van der Waals surface area (Å²) in [4.78, 5) is 21.9. The number of amides is 1. The van der Waals surface area contributed by atoms with E-state index >= 15 is 0 Å². The summed E-state index contributed by atoms with van der Waals surface area (Å²) in [6.45, 7) is 6.55. The van der Waals surface area contributed by atoms with Crippen LogP contribution < -0.4 is 4.90 Å². The highest BCUT2D eigenvalue weighted by atomic mass is 32.2. The van der Waals surface area contributed by atoms with Crippen molar-refractivity contribution in [2.45, 2.75) is 25.2 Å². The summed E-state index contributed by atoms with van der Waals surface area (Å²) in [5.41, 5.74) is 3.07. The Hall–Kier alpha value is -2.45. The SMILES string of the molecule is CCS(=O)(=O)c1ccc(CC(=O)N2CCN(c3nc4c(C)cccc4s3)CC2)cc1. The standard InChI is InChI=1S/C22H25N3O3S2/c1-3-30(27,28)18-9-7-17(8-10-18)15-20(26)24-11-13-25(14-12-24)22-23-21-16(2)5-4-6-19(21)29-22/h4-10H,3,11-15H2,1-2H3. The number of benzene rings is 2. The summed E-state index contributed by atoms with van der Waals surface area (Å²) in [6, 6.07) is 12.9. The van der Waals surface area contributed by atoms with Gasteiger partial charge in [-0.2, -0.15) is 0 Å². The summed E-state index contributed by atoms with van der Waals surface area (Å²) < 4.78 is 25.0. The highest BCUT2D eigenvalue weighted by Crippen LogP contribution is 2.31. The number of rotatable bonds is 5. The Morgan fingerprint density at radius 3 is 2.40 bits per heavy atom. The number of para-hydroxylation sites is 1. The van der Waals surface area contributed by atoms with Gasteiger partial charge in [-0.3, -0.25) is 4.79 Å². The first-order chi connectivity index (χ1) is 14.4. The van der Waals surface area contributed by atoms with E-state index < -0.39 is 9.84 Å². The number of carbonyl (C=O) groups excluding carboxylic acids is 1. The molecule has 3 aromatic rings. The third kappa shape index (κ3) is 4.20. The minimum absolute atomic E-state index is 0.0703. The van der Waals surface area contributed by atoms with Gasteiger partial charge in [0, 0.05) is 26.2 Å². The van der Waals surface area contributed by atoms with Crippen molar-refractivity contribution in [1.82, 2.24) is 9.88 Å². The summed E-state index contributed by atoms with van der Waals surface area (Å²) in [5, 5.41) is 1.01. The van der Waals surface area contributed by atoms with E-state index in [-0.39, 0.29) is 18.1 Å². The molecule has 0 aliphatic carbocycles. The van der Waals surface area contributed by atoms with Gasteiger partial charge in [0.25, 0.3) is 0 Å². The minimum Gasteiger partial charge on any atom is -0.345 e.